The lowest BCUT2D eigenvalue weighted by Crippen LogP contribution is -2.48. The highest BCUT2D eigenvalue weighted by Gasteiger charge is 2.24. The number of anilines is 2. The molecule has 4 rings (SSSR count). The summed E-state index contributed by atoms with van der Waals surface area (Å²) in [5, 5.41) is 4.89. The molecule has 0 aliphatic carbocycles. The largest absolute Gasteiger partial charge is 0.368 e. The molecule has 1 aliphatic heterocycles. The highest BCUT2D eigenvalue weighted by Crippen LogP contribution is 2.20. The molecule has 1 aromatic heterocycles. The van der Waals surface area contributed by atoms with Gasteiger partial charge in [-0.3, -0.25) is 14.9 Å². The van der Waals surface area contributed by atoms with Crippen LogP contribution in [-0.2, 0) is 0 Å². The van der Waals surface area contributed by atoms with Crippen molar-refractivity contribution in [3.63, 3.8) is 0 Å². The van der Waals surface area contributed by atoms with E-state index in [0.717, 1.165) is 13.1 Å². The van der Waals surface area contributed by atoms with Crippen molar-refractivity contribution in [3.8, 4) is 0 Å². The second kappa shape index (κ2) is 8.22. The Morgan fingerprint density at radius 1 is 0.893 bits per heavy atom. The predicted octanol–water partition coefficient (Wildman–Crippen LogP) is 3.36. The highest BCUT2D eigenvalue weighted by molar-refractivity contribution is 7.14. The number of benzene rings is 2. The minimum atomic E-state index is -0.231. The summed E-state index contributed by atoms with van der Waals surface area (Å²) in [6, 6.07) is 19.2. The molecule has 2 amide bonds. The maximum atomic E-state index is 12.8. The van der Waals surface area contributed by atoms with Crippen LogP contribution in [0.4, 0.5) is 10.8 Å². The molecule has 0 atom stereocenters. The van der Waals surface area contributed by atoms with E-state index in [1.807, 2.05) is 29.2 Å². The third-order valence-electron chi connectivity index (χ3n) is 4.67. The minimum Gasteiger partial charge on any atom is -0.368 e. The number of hydrogen-bond acceptors (Lipinski definition) is 5. The van der Waals surface area contributed by atoms with Gasteiger partial charge in [0.15, 0.2) is 5.13 Å². The second-order valence-corrected chi connectivity index (χ2v) is 7.33. The van der Waals surface area contributed by atoms with Crippen LogP contribution in [0.2, 0.25) is 0 Å². The van der Waals surface area contributed by atoms with Gasteiger partial charge < -0.3 is 9.80 Å². The molecule has 3 aromatic rings. The summed E-state index contributed by atoms with van der Waals surface area (Å²) in [4.78, 5) is 33.4. The van der Waals surface area contributed by atoms with Crippen LogP contribution in [0.3, 0.4) is 0 Å². The molecule has 28 heavy (non-hydrogen) atoms. The number of thiazole rings is 1. The zero-order valence-electron chi connectivity index (χ0n) is 15.2. The quantitative estimate of drug-likeness (QED) is 0.739. The second-order valence-electron chi connectivity index (χ2n) is 6.47. The Kier molecular flexibility index (Phi) is 5.34. The summed E-state index contributed by atoms with van der Waals surface area (Å²) in [5.41, 5.74) is 2.11. The first-order chi connectivity index (χ1) is 13.7. The molecule has 6 nitrogen and oxygen atoms in total. The van der Waals surface area contributed by atoms with Gasteiger partial charge in [0.1, 0.15) is 5.69 Å². The van der Waals surface area contributed by atoms with Crippen molar-refractivity contribution in [2.75, 3.05) is 36.4 Å². The van der Waals surface area contributed by atoms with E-state index < -0.39 is 0 Å². The van der Waals surface area contributed by atoms with Gasteiger partial charge in [0, 0.05) is 42.8 Å². The third kappa shape index (κ3) is 4.04. The molecule has 1 aliphatic rings. The number of nitrogens with one attached hydrogen (secondary N) is 1. The third-order valence-corrected chi connectivity index (χ3v) is 5.43. The summed E-state index contributed by atoms with van der Waals surface area (Å²) < 4.78 is 0. The number of amides is 2. The molecule has 0 saturated carbocycles. The van der Waals surface area contributed by atoms with Gasteiger partial charge in [-0.2, -0.15) is 0 Å². The molecule has 0 bridgehead atoms. The van der Waals surface area contributed by atoms with E-state index in [1.165, 1.54) is 17.0 Å². The van der Waals surface area contributed by atoms with Gasteiger partial charge in [-0.1, -0.05) is 36.4 Å². The van der Waals surface area contributed by atoms with Crippen LogP contribution in [0, 0.1) is 0 Å². The minimum absolute atomic E-state index is 0.0934. The monoisotopic (exact) mass is 392 g/mol. The van der Waals surface area contributed by atoms with Crippen molar-refractivity contribution >= 4 is 34.0 Å². The summed E-state index contributed by atoms with van der Waals surface area (Å²) >= 11 is 1.26. The smallest absolute Gasteiger partial charge is 0.273 e. The van der Waals surface area contributed by atoms with Crippen LogP contribution >= 0.6 is 11.3 Å². The molecule has 1 fully saturated rings. The first-order valence-electron chi connectivity index (χ1n) is 9.12. The van der Waals surface area contributed by atoms with E-state index >= 15 is 0 Å². The zero-order valence-corrected chi connectivity index (χ0v) is 16.1. The fraction of sp³-hybridized carbons (Fsp3) is 0.190. The Balaban J connectivity index is 1.35. The lowest BCUT2D eigenvalue weighted by Gasteiger charge is -2.35. The van der Waals surface area contributed by atoms with Gasteiger partial charge in [0.2, 0.25) is 0 Å². The Hall–Kier alpha value is -3.19. The van der Waals surface area contributed by atoms with Gasteiger partial charge in [0.25, 0.3) is 11.8 Å². The molecular formula is C21H20N4O2S. The predicted molar refractivity (Wildman–Crippen MR) is 111 cm³/mol. The van der Waals surface area contributed by atoms with E-state index in [9.17, 15) is 9.59 Å². The van der Waals surface area contributed by atoms with Gasteiger partial charge >= 0.3 is 0 Å². The molecule has 1 N–H and O–H groups in total. The zero-order chi connectivity index (χ0) is 19.3. The standard InChI is InChI=1S/C21H20N4O2S/c26-19(16-7-3-1-4-8-16)23-21-22-18(15-28-21)20(27)25-13-11-24(12-14-25)17-9-5-2-6-10-17/h1-10,15H,11-14H2,(H,22,23,26). The number of nitrogens with zero attached hydrogens (tertiary/aromatic N) is 3. The van der Waals surface area contributed by atoms with Crippen LogP contribution in [0.1, 0.15) is 20.8 Å². The van der Waals surface area contributed by atoms with Crippen molar-refractivity contribution in [2.45, 2.75) is 0 Å². The first kappa shape index (κ1) is 18.2. The molecule has 142 valence electrons. The summed E-state index contributed by atoms with van der Waals surface area (Å²) in [6.07, 6.45) is 0. The first-order valence-corrected chi connectivity index (χ1v) is 10.00. The van der Waals surface area contributed by atoms with Crippen molar-refractivity contribution in [1.29, 1.82) is 0 Å². The molecular weight excluding hydrogens is 372 g/mol. The van der Waals surface area contributed by atoms with E-state index in [4.69, 9.17) is 0 Å². The van der Waals surface area contributed by atoms with Crippen LogP contribution < -0.4 is 10.2 Å². The molecule has 1 saturated heterocycles. The van der Waals surface area contributed by atoms with Crippen LogP contribution in [0.25, 0.3) is 0 Å². The molecule has 2 heterocycles. The van der Waals surface area contributed by atoms with Crippen molar-refractivity contribution in [3.05, 3.63) is 77.3 Å². The van der Waals surface area contributed by atoms with Gasteiger partial charge in [-0.05, 0) is 24.3 Å². The van der Waals surface area contributed by atoms with E-state index in [2.05, 4.69) is 27.3 Å². The van der Waals surface area contributed by atoms with Crippen LogP contribution in [0.15, 0.2) is 66.0 Å². The number of hydrogen-bond donors (Lipinski definition) is 1. The Bertz CT molecular complexity index is 951. The number of rotatable bonds is 4. The van der Waals surface area contributed by atoms with Crippen LogP contribution in [-0.4, -0.2) is 47.9 Å². The van der Waals surface area contributed by atoms with Crippen LogP contribution in [0.5, 0.6) is 0 Å². The highest BCUT2D eigenvalue weighted by atomic mass is 32.1. The number of carbonyl (C=O) groups excluding carboxylic acids is 2. The van der Waals surface area contributed by atoms with E-state index in [1.54, 1.807) is 29.6 Å². The fourth-order valence-electron chi connectivity index (χ4n) is 3.16. The summed E-state index contributed by atoms with van der Waals surface area (Å²) in [5.74, 6) is -0.324. The van der Waals surface area contributed by atoms with Crippen molar-refractivity contribution in [2.24, 2.45) is 0 Å². The maximum absolute atomic E-state index is 12.8. The molecule has 0 spiro atoms. The number of piperazine rings is 1. The Morgan fingerprint density at radius 2 is 1.54 bits per heavy atom. The number of carbonyl (C=O) groups is 2. The lowest BCUT2D eigenvalue weighted by molar-refractivity contribution is 0.0741. The molecule has 2 aromatic carbocycles. The normalized spacial score (nSPS) is 14.0. The average Bonchev–Trinajstić information content (AvgIpc) is 3.23. The fourth-order valence-corrected chi connectivity index (χ4v) is 3.84. The van der Waals surface area contributed by atoms with E-state index in [0.29, 0.717) is 29.5 Å². The van der Waals surface area contributed by atoms with Gasteiger partial charge in [-0.15, -0.1) is 11.3 Å². The van der Waals surface area contributed by atoms with Gasteiger partial charge in [-0.25, -0.2) is 4.98 Å². The van der Waals surface area contributed by atoms with Crippen molar-refractivity contribution in [1.82, 2.24) is 9.88 Å². The molecule has 0 radical (unpaired) electrons. The van der Waals surface area contributed by atoms with E-state index in [-0.39, 0.29) is 11.8 Å². The van der Waals surface area contributed by atoms with Crippen molar-refractivity contribution < 1.29 is 9.59 Å². The maximum Gasteiger partial charge on any atom is 0.273 e. The Labute approximate surface area is 167 Å². The number of para-hydroxylation sites is 1. The number of aromatic nitrogens is 1. The summed E-state index contributed by atoms with van der Waals surface area (Å²) in [7, 11) is 0. The lowest BCUT2D eigenvalue weighted by atomic mass is 10.2. The molecule has 0 unspecified atom stereocenters. The Morgan fingerprint density at radius 3 is 2.21 bits per heavy atom. The SMILES string of the molecule is O=C(Nc1nc(C(=O)N2CCN(c3ccccc3)CC2)cs1)c1ccccc1. The van der Waals surface area contributed by atoms with Gasteiger partial charge in [0.05, 0.1) is 0 Å². The summed E-state index contributed by atoms with van der Waals surface area (Å²) in [6.45, 7) is 2.88. The molecule has 7 heteroatoms. The topological polar surface area (TPSA) is 65.5 Å². The average molecular weight is 392 g/mol.